The van der Waals surface area contributed by atoms with Gasteiger partial charge in [-0.3, -0.25) is 0 Å². The van der Waals surface area contributed by atoms with E-state index in [1.807, 2.05) is 0 Å². The van der Waals surface area contributed by atoms with Gasteiger partial charge in [-0.2, -0.15) is 17.6 Å². The number of benzene rings is 3. The maximum absolute atomic E-state index is 13.4. The van der Waals surface area contributed by atoms with E-state index in [0.29, 0.717) is 15.8 Å². The molecule has 28 heavy (non-hydrogen) atoms. The SMILES string of the molecule is Fc1ccc(Br)c(Oc2cccc(-c3ccccc3OC(F)(F)C(F)F)c2)c1. The highest BCUT2D eigenvalue weighted by molar-refractivity contribution is 9.10. The molecule has 8 heteroatoms. The van der Waals surface area contributed by atoms with Gasteiger partial charge in [0.25, 0.3) is 0 Å². The summed E-state index contributed by atoms with van der Waals surface area (Å²) < 4.78 is 75.5. The van der Waals surface area contributed by atoms with Crippen molar-refractivity contribution in [1.82, 2.24) is 0 Å². The van der Waals surface area contributed by atoms with E-state index in [4.69, 9.17) is 4.74 Å². The number of halogens is 6. The van der Waals surface area contributed by atoms with E-state index >= 15 is 0 Å². The first-order valence-electron chi connectivity index (χ1n) is 7.93. The van der Waals surface area contributed by atoms with Gasteiger partial charge in [0, 0.05) is 11.6 Å². The van der Waals surface area contributed by atoms with Crippen molar-refractivity contribution < 1.29 is 31.4 Å². The van der Waals surface area contributed by atoms with Crippen molar-refractivity contribution in [3.8, 4) is 28.4 Å². The largest absolute Gasteiger partial charge is 0.461 e. The van der Waals surface area contributed by atoms with E-state index in [2.05, 4.69) is 20.7 Å². The van der Waals surface area contributed by atoms with Gasteiger partial charge in [-0.25, -0.2) is 4.39 Å². The Kier molecular flexibility index (Phi) is 5.88. The van der Waals surface area contributed by atoms with Crippen LogP contribution in [-0.4, -0.2) is 12.5 Å². The van der Waals surface area contributed by atoms with E-state index in [1.165, 1.54) is 42.5 Å². The second-order valence-electron chi connectivity index (χ2n) is 5.67. The molecule has 0 N–H and O–H groups in total. The lowest BCUT2D eigenvalue weighted by Crippen LogP contribution is -2.33. The quantitative estimate of drug-likeness (QED) is 0.361. The molecule has 0 heterocycles. The lowest BCUT2D eigenvalue weighted by molar-refractivity contribution is -0.253. The molecule has 0 radical (unpaired) electrons. The Balaban J connectivity index is 1.94. The summed E-state index contributed by atoms with van der Waals surface area (Å²) in [6, 6.07) is 15.7. The molecular formula is C20H12BrF5O2. The van der Waals surface area contributed by atoms with Gasteiger partial charge in [0.1, 0.15) is 23.1 Å². The molecule has 3 aromatic rings. The van der Waals surface area contributed by atoms with Crippen molar-refractivity contribution in [2.45, 2.75) is 12.5 Å². The van der Waals surface area contributed by atoms with Gasteiger partial charge in [-0.1, -0.05) is 30.3 Å². The highest BCUT2D eigenvalue weighted by Gasteiger charge is 2.44. The van der Waals surface area contributed by atoms with Crippen molar-refractivity contribution in [1.29, 1.82) is 0 Å². The molecule has 2 nitrogen and oxygen atoms in total. The first-order valence-corrected chi connectivity index (χ1v) is 8.73. The summed E-state index contributed by atoms with van der Waals surface area (Å²) in [5.41, 5.74) is 0.567. The van der Waals surface area contributed by atoms with Gasteiger partial charge >= 0.3 is 12.5 Å². The second-order valence-corrected chi connectivity index (χ2v) is 6.52. The molecule has 0 fully saturated rings. The van der Waals surface area contributed by atoms with E-state index in [-0.39, 0.29) is 11.3 Å². The molecule has 3 aromatic carbocycles. The van der Waals surface area contributed by atoms with Crippen LogP contribution < -0.4 is 9.47 Å². The molecule has 0 saturated heterocycles. The zero-order chi connectivity index (χ0) is 20.3. The molecule has 0 amide bonds. The molecular weight excluding hydrogens is 447 g/mol. The molecule has 0 aliphatic carbocycles. The molecule has 0 bridgehead atoms. The number of para-hydroxylation sites is 1. The minimum Gasteiger partial charge on any atom is -0.456 e. The van der Waals surface area contributed by atoms with Crippen LogP contribution in [0.4, 0.5) is 22.0 Å². The van der Waals surface area contributed by atoms with E-state index in [9.17, 15) is 22.0 Å². The predicted octanol–water partition coefficient (Wildman–Crippen LogP) is 7.28. The van der Waals surface area contributed by atoms with Gasteiger partial charge in [0.2, 0.25) is 0 Å². The van der Waals surface area contributed by atoms with E-state index < -0.39 is 24.1 Å². The summed E-state index contributed by atoms with van der Waals surface area (Å²) in [6.07, 6.45) is -8.60. The molecule has 0 aliphatic rings. The van der Waals surface area contributed by atoms with Crippen LogP contribution in [0.15, 0.2) is 71.2 Å². The van der Waals surface area contributed by atoms with Crippen LogP contribution >= 0.6 is 15.9 Å². The van der Waals surface area contributed by atoms with Crippen molar-refractivity contribution in [3.05, 3.63) is 77.0 Å². The summed E-state index contributed by atoms with van der Waals surface area (Å²) in [6.45, 7) is 0. The van der Waals surface area contributed by atoms with Crippen LogP contribution in [0.5, 0.6) is 17.2 Å². The number of hydrogen-bond acceptors (Lipinski definition) is 2. The average molecular weight is 459 g/mol. The molecule has 146 valence electrons. The van der Waals surface area contributed by atoms with Gasteiger partial charge in [-0.05, 0) is 51.8 Å². The van der Waals surface area contributed by atoms with Crippen LogP contribution in [-0.2, 0) is 0 Å². The van der Waals surface area contributed by atoms with Crippen LogP contribution in [0.2, 0.25) is 0 Å². The molecule has 0 unspecified atom stereocenters. The molecule has 0 saturated carbocycles. The minimum absolute atomic E-state index is 0.173. The van der Waals surface area contributed by atoms with Crippen molar-refractivity contribution >= 4 is 15.9 Å². The Labute approximate surface area is 165 Å². The van der Waals surface area contributed by atoms with Gasteiger partial charge in [0.05, 0.1) is 4.47 Å². The molecule has 0 atom stereocenters. The summed E-state index contributed by atoms with van der Waals surface area (Å²) in [4.78, 5) is 0. The summed E-state index contributed by atoms with van der Waals surface area (Å²) in [5.74, 6) is -0.399. The standard InChI is InChI=1S/C20H12BrF5O2/c21-16-9-8-13(22)11-18(16)27-14-5-3-4-12(10-14)15-6-1-2-7-17(15)28-20(25,26)19(23)24/h1-11,19H. The summed E-state index contributed by atoms with van der Waals surface area (Å²) in [5, 5.41) is 0. The van der Waals surface area contributed by atoms with E-state index in [0.717, 1.165) is 0 Å². The average Bonchev–Trinajstić information content (AvgIpc) is 2.65. The predicted molar refractivity (Wildman–Crippen MR) is 97.6 cm³/mol. The van der Waals surface area contributed by atoms with Crippen molar-refractivity contribution in [2.75, 3.05) is 0 Å². The van der Waals surface area contributed by atoms with Crippen LogP contribution in [0.1, 0.15) is 0 Å². The smallest absolute Gasteiger partial charge is 0.456 e. The molecule has 3 rings (SSSR count). The summed E-state index contributed by atoms with van der Waals surface area (Å²) >= 11 is 3.24. The van der Waals surface area contributed by atoms with E-state index in [1.54, 1.807) is 24.3 Å². The third kappa shape index (κ3) is 4.62. The number of ether oxygens (including phenoxy) is 2. The third-order valence-corrected chi connectivity index (χ3v) is 4.31. The number of alkyl halides is 4. The van der Waals surface area contributed by atoms with Crippen LogP contribution in [0.25, 0.3) is 11.1 Å². The van der Waals surface area contributed by atoms with Gasteiger partial charge in [-0.15, -0.1) is 0 Å². The zero-order valence-corrected chi connectivity index (χ0v) is 15.6. The fourth-order valence-corrected chi connectivity index (χ4v) is 2.72. The first kappa shape index (κ1) is 20.1. The van der Waals surface area contributed by atoms with Crippen LogP contribution in [0, 0.1) is 5.82 Å². The maximum Gasteiger partial charge on any atom is 0.461 e. The number of rotatable bonds is 6. The lowest BCUT2D eigenvalue weighted by atomic mass is 10.0. The van der Waals surface area contributed by atoms with Crippen molar-refractivity contribution in [2.24, 2.45) is 0 Å². The van der Waals surface area contributed by atoms with Crippen LogP contribution in [0.3, 0.4) is 0 Å². The summed E-state index contributed by atoms with van der Waals surface area (Å²) in [7, 11) is 0. The Morgan fingerprint density at radius 3 is 2.36 bits per heavy atom. The van der Waals surface area contributed by atoms with Gasteiger partial charge < -0.3 is 9.47 Å². The Morgan fingerprint density at radius 2 is 1.61 bits per heavy atom. The molecule has 0 aliphatic heterocycles. The zero-order valence-electron chi connectivity index (χ0n) is 14.0. The maximum atomic E-state index is 13.4. The monoisotopic (exact) mass is 458 g/mol. The second kappa shape index (κ2) is 8.18. The highest BCUT2D eigenvalue weighted by Crippen LogP contribution is 2.37. The topological polar surface area (TPSA) is 18.5 Å². The fraction of sp³-hybridized carbons (Fsp3) is 0.100. The lowest BCUT2D eigenvalue weighted by Gasteiger charge is -2.19. The Morgan fingerprint density at radius 1 is 0.857 bits per heavy atom. The highest BCUT2D eigenvalue weighted by atomic mass is 79.9. The molecule has 0 aromatic heterocycles. The van der Waals surface area contributed by atoms with Gasteiger partial charge in [0.15, 0.2) is 0 Å². The Bertz CT molecular complexity index is 978. The Hall–Kier alpha value is -2.61. The normalized spacial score (nSPS) is 11.5. The minimum atomic E-state index is -4.63. The first-order chi connectivity index (χ1) is 13.3. The molecule has 0 spiro atoms. The number of hydrogen-bond donors (Lipinski definition) is 0. The fourth-order valence-electron chi connectivity index (χ4n) is 2.39. The third-order valence-electron chi connectivity index (χ3n) is 3.65. The van der Waals surface area contributed by atoms with Crippen molar-refractivity contribution in [3.63, 3.8) is 0 Å².